The summed E-state index contributed by atoms with van der Waals surface area (Å²) in [4.78, 5) is 22.3. The molecule has 0 unspecified atom stereocenters. The van der Waals surface area contributed by atoms with Gasteiger partial charge in [-0.1, -0.05) is 11.6 Å². The smallest absolute Gasteiger partial charge is 0.316 e. The van der Waals surface area contributed by atoms with Gasteiger partial charge in [0.05, 0.1) is 23.6 Å². The van der Waals surface area contributed by atoms with Crippen LogP contribution in [0.5, 0.6) is 0 Å². The number of hydrogen-bond donors (Lipinski definition) is 2. The molecule has 0 atom stereocenters. The van der Waals surface area contributed by atoms with Crippen molar-refractivity contribution in [1.29, 1.82) is 0 Å². The molecule has 1 aromatic heterocycles. The number of carbonyl (C=O) groups is 2. The number of amides is 2. The summed E-state index contributed by atoms with van der Waals surface area (Å²) >= 11 is 6.94. The lowest BCUT2D eigenvalue weighted by Gasteiger charge is -2.02. The van der Waals surface area contributed by atoms with E-state index in [1.807, 2.05) is 0 Å². The van der Waals surface area contributed by atoms with Crippen LogP contribution in [0.2, 0.25) is 4.34 Å². The Balaban J connectivity index is 2.85. The Hall–Kier alpha value is -1.27. The second-order valence-electron chi connectivity index (χ2n) is 2.63. The van der Waals surface area contributed by atoms with Gasteiger partial charge in [-0.15, -0.1) is 11.3 Å². The van der Waals surface area contributed by atoms with Crippen molar-refractivity contribution in [3.05, 3.63) is 15.3 Å². The molecule has 0 aliphatic heterocycles. The third-order valence-corrected chi connectivity index (χ3v) is 2.83. The molecule has 3 N–H and O–H groups in total. The predicted molar refractivity (Wildman–Crippen MR) is 58.3 cm³/mol. The number of hydrogen-bond acceptors (Lipinski definition) is 4. The lowest BCUT2D eigenvalue weighted by atomic mass is 10.3. The predicted octanol–water partition coefficient (Wildman–Crippen LogP) is 1.61. The molecule has 0 radical (unpaired) electrons. The largest absolute Gasteiger partial charge is 0.469 e. The molecule has 0 saturated carbocycles. The van der Waals surface area contributed by atoms with E-state index < -0.39 is 12.0 Å². The van der Waals surface area contributed by atoms with Crippen LogP contribution in [0.15, 0.2) is 6.07 Å². The van der Waals surface area contributed by atoms with Gasteiger partial charge in [0.25, 0.3) is 0 Å². The van der Waals surface area contributed by atoms with Crippen molar-refractivity contribution in [2.75, 3.05) is 12.4 Å². The topological polar surface area (TPSA) is 81.4 Å². The average molecular weight is 249 g/mol. The molecule has 0 aliphatic rings. The van der Waals surface area contributed by atoms with Gasteiger partial charge in [0.1, 0.15) is 0 Å². The van der Waals surface area contributed by atoms with Crippen LogP contribution in [0.4, 0.5) is 10.5 Å². The molecule has 0 saturated heterocycles. The summed E-state index contributed by atoms with van der Waals surface area (Å²) in [5.74, 6) is -0.402. The highest BCUT2D eigenvalue weighted by Crippen LogP contribution is 2.31. The van der Waals surface area contributed by atoms with Crippen LogP contribution in [0, 0.1) is 0 Å². The maximum Gasteiger partial charge on any atom is 0.316 e. The Morgan fingerprint density at radius 2 is 2.33 bits per heavy atom. The molecule has 0 fully saturated rings. The van der Waals surface area contributed by atoms with Crippen molar-refractivity contribution >= 4 is 40.6 Å². The molecule has 1 rings (SSSR count). The minimum atomic E-state index is -0.699. The van der Waals surface area contributed by atoms with Crippen LogP contribution < -0.4 is 11.1 Å². The zero-order valence-corrected chi connectivity index (χ0v) is 9.45. The van der Waals surface area contributed by atoms with Crippen molar-refractivity contribution in [3.8, 4) is 0 Å². The number of nitrogens with one attached hydrogen (secondary N) is 1. The normalized spacial score (nSPS) is 9.73. The first kappa shape index (κ1) is 11.8. The van der Waals surface area contributed by atoms with E-state index in [1.54, 1.807) is 0 Å². The minimum absolute atomic E-state index is 0.0590. The number of rotatable bonds is 3. The van der Waals surface area contributed by atoms with Gasteiger partial charge in [-0.25, -0.2) is 4.79 Å². The molecule has 15 heavy (non-hydrogen) atoms. The van der Waals surface area contributed by atoms with E-state index in [9.17, 15) is 9.59 Å². The molecule has 1 aromatic rings. The highest BCUT2D eigenvalue weighted by molar-refractivity contribution is 7.16. The van der Waals surface area contributed by atoms with Crippen molar-refractivity contribution < 1.29 is 14.3 Å². The highest BCUT2D eigenvalue weighted by atomic mass is 35.5. The summed E-state index contributed by atoms with van der Waals surface area (Å²) in [6, 6.07) is 0.838. The molecular weight excluding hydrogens is 240 g/mol. The summed E-state index contributed by atoms with van der Waals surface area (Å²) in [5.41, 5.74) is 5.41. The van der Waals surface area contributed by atoms with E-state index in [-0.39, 0.29) is 6.42 Å². The molecule has 5 nitrogen and oxygen atoms in total. The van der Waals surface area contributed by atoms with Crippen molar-refractivity contribution in [1.82, 2.24) is 0 Å². The maximum atomic E-state index is 11.0. The standard InChI is InChI=1S/C8H9ClN2O3S/c1-14-7(12)3-5-4(11-8(10)13)2-6(9)15-5/h2H,3H2,1H3,(H3,10,11,13). The number of urea groups is 1. The minimum Gasteiger partial charge on any atom is -0.469 e. The molecule has 2 amide bonds. The Morgan fingerprint density at radius 1 is 1.67 bits per heavy atom. The molecule has 0 bridgehead atoms. The second kappa shape index (κ2) is 4.99. The number of thiophene rings is 1. The third-order valence-electron chi connectivity index (χ3n) is 1.57. The number of carbonyl (C=O) groups excluding carboxylic acids is 2. The zero-order chi connectivity index (χ0) is 11.4. The van der Waals surface area contributed by atoms with Gasteiger partial charge in [0.2, 0.25) is 0 Å². The van der Waals surface area contributed by atoms with Gasteiger partial charge in [-0.2, -0.15) is 0 Å². The van der Waals surface area contributed by atoms with Crippen molar-refractivity contribution in [2.24, 2.45) is 5.73 Å². The first-order valence-electron chi connectivity index (χ1n) is 3.94. The number of nitrogens with two attached hydrogens (primary N) is 1. The number of esters is 1. The lowest BCUT2D eigenvalue weighted by molar-refractivity contribution is -0.139. The Morgan fingerprint density at radius 3 is 2.87 bits per heavy atom. The van der Waals surface area contributed by atoms with Crippen LogP contribution in [0.25, 0.3) is 0 Å². The fraction of sp³-hybridized carbons (Fsp3) is 0.250. The van der Waals surface area contributed by atoms with Gasteiger partial charge in [0, 0.05) is 4.88 Å². The van der Waals surface area contributed by atoms with E-state index in [0.717, 1.165) is 0 Å². The van der Waals surface area contributed by atoms with Gasteiger partial charge >= 0.3 is 12.0 Å². The first-order valence-corrected chi connectivity index (χ1v) is 5.14. The second-order valence-corrected chi connectivity index (χ2v) is 4.40. The third kappa shape index (κ3) is 3.41. The Kier molecular flexibility index (Phi) is 3.93. The van der Waals surface area contributed by atoms with E-state index in [1.165, 1.54) is 24.5 Å². The maximum absolute atomic E-state index is 11.0. The zero-order valence-electron chi connectivity index (χ0n) is 7.87. The van der Waals surface area contributed by atoms with Crippen LogP contribution in [0.1, 0.15) is 4.88 Å². The van der Waals surface area contributed by atoms with Crippen LogP contribution >= 0.6 is 22.9 Å². The molecule has 82 valence electrons. The number of halogens is 1. The summed E-state index contributed by atoms with van der Waals surface area (Å²) < 4.78 is 4.97. The summed E-state index contributed by atoms with van der Waals surface area (Å²) in [7, 11) is 1.29. The SMILES string of the molecule is COC(=O)Cc1sc(Cl)cc1NC(N)=O. The quantitative estimate of drug-likeness (QED) is 0.798. The van der Waals surface area contributed by atoms with Crippen molar-refractivity contribution in [3.63, 3.8) is 0 Å². The fourth-order valence-corrected chi connectivity index (χ4v) is 2.18. The molecule has 7 heteroatoms. The molecular formula is C8H9ClN2O3S. The van der Waals surface area contributed by atoms with Gasteiger partial charge in [-0.3, -0.25) is 4.79 Å². The van der Waals surface area contributed by atoms with E-state index in [4.69, 9.17) is 17.3 Å². The molecule has 0 spiro atoms. The average Bonchev–Trinajstić information content (AvgIpc) is 2.45. The van der Waals surface area contributed by atoms with Crippen LogP contribution in [0.3, 0.4) is 0 Å². The summed E-state index contributed by atoms with van der Waals surface area (Å²) in [5, 5.41) is 2.38. The van der Waals surface area contributed by atoms with Crippen molar-refractivity contribution in [2.45, 2.75) is 6.42 Å². The lowest BCUT2D eigenvalue weighted by Crippen LogP contribution is -2.20. The molecule has 1 heterocycles. The summed E-state index contributed by atoms with van der Waals surface area (Å²) in [6.07, 6.45) is 0.0590. The van der Waals surface area contributed by atoms with Crippen LogP contribution in [-0.4, -0.2) is 19.1 Å². The van der Waals surface area contributed by atoms with E-state index in [0.29, 0.717) is 14.9 Å². The monoisotopic (exact) mass is 248 g/mol. The van der Waals surface area contributed by atoms with Crippen LogP contribution in [-0.2, 0) is 16.0 Å². The first-order chi connectivity index (χ1) is 7.02. The molecule has 0 aromatic carbocycles. The molecule has 0 aliphatic carbocycles. The van der Waals surface area contributed by atoms with Gasteiger partial charge < -0.3 is 15.8 Å². The number of ether oxygens (including phenoxy) is 1. The Labute approximate surface area is 95.2 Å². The fourth-order valence-electron chi connectivity index (χ4n) is 0.969. The number of anilines is 1. The highest BCUT2D eigenvalue weighted by Gasteiger charge is 2.13. The number of primary amides is 1. The van der Waals surface area contributed by atoms with E-state index in [2.05, 4.69) is 10.1 Å². The van der Waals surface area contributed by atoms with E-state index >= 15 is 0 Å². The summed E-state index contributed by atoms with van der Waals surface area (Å²) in [6.45, 7) is 0. The van der Waals surface area contributed by atoms with Gasteiger partial charge in [-0.05, 0) is 6.07 Å². The Bertz CT molecular complexity index is 391. The van der Waals surface area contributed by atoms with Gasteiger partial charge in [0.15, 0.2) is 0 Å². The number of methoxy groups -OCH3 is 1.